The van der Waals surface area contributed by atoms with E-state index >= 15 is 0 Å². The third-order valence-corrected chi connectivity index (χ3v) is 3.33. The number of nitrogens with zero attached hydrogens (tertiary/aromatic N) is 1. The van der Waals surface area contributed by atoms with Crippen molar-refractivity contribution in [2.45, 2.75) is 33.2 Å². The average molecular weight is 234 g/mol. The van der Waals surface area contributed by atoms with Crippen molar-refractivity contribution in [1.82, 2.24) is 4.90 Å². The molecule has 0 spiro atoms. The maximum absolute atomic E-state index is 6.22. The van der Waals surface area contributed by atoms with Gasteiger partial charge in [-0.1, -0.05) is 50.1 Å². The molecule has 2 atom stereocenters. The van der Waals surface area contributed by atoms with Crippen LogP contribution in [0.25, 0.3) is 0 Å². The molecule has 0 saturated heterocycles. The lowest BCUT2D eigenvalue weighted by Crippen LogP contribution is -2.32. The largest absolute Gasteiger partial charge is 0.323 e. The van der Waals surface area contributed by atoms with E-state index in [1.165, 1.54) is 17.5 Å². The second-order valence-electron chi connectivity index (χ2n) is 5.25. The zero-order chi connectivity index (χ0) is 12.8. The van der Waals surface area contributed by atoms with Crippen molar-refractivity contribution in [3.63, 3.8) is 0 Å². The molecular formula is C15H26N2. The van der Waals surface area contributed by atoms with Gasteiger partial charge in [0.2, 0.25) is 0 Å². The first-order chi connectivity index (χ1) is 8.02. The molecule has 0 aromatic heterocycles. The van der Waals surface area contributed by atoms with Gasteiger partial charge in [0.15, 0.2) is 0 Å². The Bertz CT molecular complexity index is 318. The van der Waals surface area contributed by atoms with Gasteiger partial charge in [0, 0.05) is 19.1 Å². The van der Waals surface area contributed by atoms with Gasteiger partial charge in [-0.3, -0.25) is 0 Å². The number of likely N-dealkylation sites (N-methyl/N-ethyl adjacent to an activating group) is 1. The molecule has 1 aromatic rings. The zero-order valence-corrected chi connectivity index (χ0v) is 11.6. The minimum atomic E-state index is 0.115. The first-order valence-electron chi connectivity index (χ1n) is 6.53. The minimum Gasteiger partial charge on any atom is -0.323 e. The number of aryl methyl sites for hydroxylation is 1. The number of rotatable bonds is 6. The first kappa shape index (κ1) is 14.2. The quantitative estimate of drug-likeness (QED) is 0.820. The Hall–Kier alpha value is -0.860. The summed E-state index contributed by atoms with van der Waals surface area (Å²) in [5, 5.41) is 0. The number of hydrogen-bond acceptors (Lipinski definition) is 2. The van der Waals surface area contributed by atoms with Crippen LogP contribution in [0.15, 0.2) is 24.3 Å². The maximum atomic E-state index is 6.22. The summed E-state index contributed by atoms with van der Waals surface area (Å²) in [6, 6.07) is 8.65. The highest BCUT2D eigenvalue weighted by atomic mass is 15.1. The molecule has 0 aliphatic carbocycles. The van der Waals surface area contributed by atoms with Gasteiger partial charge >= 0.3 is 0 Å². The topological polar surface area (TPSA) is 29.3 Å². The van der Waals surface area contributed by atoms with E-state index in [1.807, 2.05) is 0 Å². The smallest absolute Gasteiger partial charge is 0.0424 e. The van der Waals surface area contributed by atoms with E-state index in [-0.39, 0.29) is 6.04 Å². The normalized spacial score (nSPS) is 14.9. The summed E-state index contributed by atoms with van der Waals surface area (Å²) in [7, 11) is 2.15. The van der Waals surface area contributed by atoms with E-state index in [0.29, 0.717) is 0 Å². The van der Waals surface area contributed by atoms with Crippen LogP contribution >= 0.6 is 0 Å². The fraction of sp³-hybridized carbons (Fsp3) is 0.600. The van der Waals surface area contributed by atoms with Crippen molar-refractivity contribution in [3.8, 4) is 0 Å². The molecule has 0 radical (unpaired) electrons. The molecule has 2 unspecified atom stereocenters. The summed E-state index contributed by atoms with van der Waals surface area (Å²) in [4.78, 5) is 2.33. The van der Waals surface area contributed by atoms with Gasteiger partial charge in [0.1, 0.15) is 0 Å². The second-order valence-corrected chi connectivity index (χ2v) is 5.25. The Labute approximate surface area is 106 Å². The van der Waals surface area contributed by atoms with Crippen LogP contribution in [-0.4, -0.2) is 25.0 Å². The standard InChI is InChI=1S/C15H26N2/c1-5-12(2)10-17(4)11-15(16)14-8-6-13(3)7-9-14/h6-9,12,15H,5,10-11,16H2,1-4H3. The number of hydrogen-bond donors (Lipinski definition) is 1. The third kappa shape index (κ3) is 4.88. The van der Waals surface area contributed by atoms with Gasteiger partial charge in [-0.2, -0.15) is 0 Å². The van der Waals surface area contributed by atoms with Gasteiger partial charge in [-0.05, 0) is 25.5 Å². The summed E-state index contributed by atoms with van der Waals surface area (Å²) in [5.41, 5.74) is 8.74. The van der Waals surface area contributed by atoms with E-state index in [1.54, 1.807) is 0 Å². The van der Waals surface area contributed by atoms with Crippen LogP contribution in [-0.2, 0) is 0 Å². The summed E-state index contributed by atoms with van der Waals surface area (Å²) in [5.74, 6) is 0.741. The molecule has 1 rings (SSSR count). The van der Waals surface area contributed by atoms with Crippen LogP contribution in [0.3, 0.4) is 0 Å². The van der Waals surface area contributed by atoms with Crippen LogP contribution in [0, 0.1) is 12.8 Å². The number of benzene rings is 1. The molecule has 0 amide bonds. The molecule has 0 heterocycles. The van der Waals surface area contributed by atoms with Crippen molar-refractivity contribution in [1.29, 1.82) is 0 Å². The lowest BCUT2D eigenvalue weighted by Gasteiger charge is -2.24. The van der Waals surface area contributed by atoms with Gasteiger partial charge in [-0.15, -0.1) is 0 Å². The van der Waals surface area contributed by atoms with E-state index < -0.39 is 0 Å². The predicted octanol–water partition coefficient (Wildman–Crippen LogP) is 2.97. The summed E-state index contributed by atoms with van der Waals surface area (Å²) in [6.45, 7) is 8.67. The molecule has 0 aliphatic rings. The molecule has 2 N–H and O–H groups in total. The fourth-order valence-electron chi connectivity index (χ4n) is 1.99. The predicted molar refractivity (Wildman–Crippen MR) is 75.1 cm³/mol. The fourth-order valence-corrected chi connectivity index (χ4v) is 1.99. The highest BCUT2D eigenvalue weighted by Gasteiger charge is 2.10. The van der Waals surface area contributed by atoms with Gasteiger partial charge in [-0.25, -0.2) is 0 Å². The molecule has 0 saturated carbocycles. The van der Waals surface area contributed by atoms with Crippen LogP contribution < -0.4 is 5.73 Å². The van der Waals surface area contributed by atoms with E-state index in [4.69, 9.17) is 5.73 Å². The van der Waals surface area contributed by atoms with Crippen molar-refractivity contribution in [2.75, 3.05) is 20.1 Å². The highest BCUT2D eigenvalue weighted by Crippen LogP contribution is 2.13. The zero-order valence-electron chi connectivity index (χ0n) is 11.6. The number of nitrogens with two attached hydrogens (primary N) is 1. The second kappa shape index (κ2) is 6.77. The Morgan fingerprint density at radius 2 is 1.76 bits per heavy atom. The minimum absolute atomic E-state index is 0.115. The van der Waals surface area contributed by atoms with Crippen LogP contribution in [0.5, 0.6) is 0 Å². The Morgan fingerprint density at radius 3 is 2.29 bits per heavy atom. The van der Waals surface area contributed by atoms with Crippen molar-refractivity contribution >= 4 is 0 Å². The van der Waals surface area contributed by atoms with Crippen LogP contribution in [0.1, 0.15) is 37.4 Å². The van der Waals surface area contributed by atoms with Crippen molar-refractivity contribution in [3.05, 3.63) is 35.4 Å². The van der Waals surface area contributed by atoms with E-state index in [0.717, 1.165) is 19.0 Å². The van der Waals surface area contributed by atoms with Crippen molar-refractivity contribution < 1.29 is 0 Å². The molecule has 0 aliphatic heterocycles. The Kier molecular flexibility index (Phi) is 5.66. The molecule has 96 valence electrons. The van der Waals surface area contributed by atoms with Crippen LogP contribution in [0.2, 0.25) is 0 Å². The lowest BCUT2D eigenvalue weighted by molar-refractivity contribution is 0.267. The molecule has 2 nitrogen and oxygen atoms in total. The lowest BCUT2D eigenvalue weighted by atomic mass is 10.0. The maximum Gasteiger partial charge on any atom is 0.0424 e. The van der Waals surface area contributed by atoms with E-state index in [2.05, 4.69) is 57.0 Å². The van der Waals surface area contributed by atoms with E-state index in [9.17, 15) is 0 Å². The molecule has 0 bridgehead atoms. The monoisotopic (exact) mass is 234 g/mol. The molecule has 1 aromatic carbocycles. The van der Waals surface area contributed by atoms with Gasteiger partial charge < -0.3 is 10.6 Å². The molecule has 0 fully saturated rings. The highest BCUT2D eigenvalue weighted by molar-refractivity contribution is 5.24. The molecule has 2 heteroatoms. The van der Waals surface area contributed by atoms with Gasteiger partial charge in [0.05, 0.1) is 0 Å². The van der Waals surface area contributed by atoms with Crippen LogP contribution in [0.4, 0.5) is 0 Å². The summed E-state index contributed by atoms with van der Waals surface area (Å²) < 4.78 is 0. The SMILES string of the molecule is CCC(C)CN(C)CC(N)c1ccc(C)cc1. The Morgan fingerprint density at radius 1 is 1.18 bits per heavy atom. The third-order valence-electron chi connectivity index (χ3n) is 3.33. The molecule has 17 heavy (non-hydrogen) atoms. The Balaban J connectivity index is 2.48. The molecular weight excluding hydrogens is 208 g/mol. The summed E-state index contributed by atoms with van der Waals surface area (Å²) >= 11 is 0. The average Bonchev–Trinajstić information content (AvgIpc) is 2.29. The van der Waals surface area contributed by atoms with Gasteiger partial charge in [0.25, 0.3) is 0 Å². The van der Waals surface area contributed by atoms with Crippen molar-refractivity contribution in [2.24, 2.45) is 11.7 Å². The first-order valence-corrected chi connectivity index (χ1v) is 6.53. The summed E-state index contributed by atoms with van der Waals surface area (Å²) in [6.07, 6.45) is 1.23.